The first-order chi connectivity index (χ1) is 13.4. The van der Waals surface area contributed by atoms with Gasteiger partial charge in [0.25, 0.3) is 11.8 Å². The second-order valence-corrected chi connectivity index (χ2v) is 7.63. The molecule has 28 heavy (non-hydrogen) atoms. The molecule has 0 radical (unpaired) electrons. The van der Waals surface area contributed by atoms with Gasteiger partial charge in [-0.05, 0) is 42.6 Å². The smallest absolute Gasteiger partial charge is 0.340 e. The van der Waals surface area contributed by atoms with Gasteiger partial charge >= 0.3 is 5.97 Å². The molecule has 3 rings (SSSR count). The summed E-state index contributed by atoms with van der Waals surface area (Å²) < 4.78 is 5.93. The number of pyridine rings is 1. The molecule has 2 amide bonds. The average Bonchev–Trinajstić information content (AvgIpc) is 3.21. The Morgan fingerprint density at radius 3 is 2.64 bits per heavy atom. The number of aromatic nitrogens is 1. The van der Waals surface area contributed by atoms with Crippen LogP contribution in [0.3, 0.4) is 0 Å². The first-order valence-electron chi connectivity index (χ1n) is 8.22. The van der Waals surface area contributed by atoms with Crippen LogP contribution in [0.4, 0.5) is 0 Å². The minimum Gasteiger partial charge on any atom is -0.452 e. The van der Waals surface area contributed by atoms with Crippen LogP contribution in [0.15, 0.2) is 58.4 Å². The number of carbonyl (C=O) groups excluding carboxylic acids is 3. The van der Waals surface area contributed by atoms with Gasteiger partial charge in [0.2, 0.25) is 0 Å². The van der Waals surface area contributed by atoms with Gasteiger partial charge in [-0.15, -0.1) is 11.3 Å². The van der Waals surface area contributed by atoms with E-state index in [-0.39, 0.29) is 5.56 Å². The lowest BCUT2D eigenvalue weighted by Gasteiger charge is -2.09. The van der Waals surface area contributed by atoms with E-state index in [2.05, 4.69) is 26.2 Å². The van der Waals surface area contributed by atoms with E-state index < -0.39 is 24.4 Å². The maximum atomic E-state index is 12.3. The van der Waals surface area contributed by atoms with Crippen molar-refractivity contribution in [3.63, 3.8) is 0 Å². The Bertz CT molecular complexity index is 1030. The maximum absolute atomic E-state index is 12.3. The molecule has 0 saturated carbocycles. The van der Waals surface area contributed by atoms with Crippen molar-refractivity contribution in [1.82, 2.24) is 10.3 Å². The SMILES string of the molecule is Cc1nc(-c2cccc(Br)c2)ccc1C(=O)OCC(=O)NC(=O)c1cccs1. The average molecular weight is 459 g/mol. The van der Waals surface area contributed by atoms with Crippen molar-refractivity contribution < 1.29 is 19.1 Å². The molecule has 2 aromatic heterocycles. The van der Waals surface area contributed by atoms with E-state index in [1.54, 1.807) is 36.6 Å². The molecule has 1 N–H and O–H groups in total. The van der Waals surface area contributed by atoms with Crippen LogP contribution in [0.1, 0.15) is 25.7 Å². The van der Waals surface area contributed by atoms with Crippen LogP contribution in [-0.4, -0.2) is 29.4 Å². The third kappa shape index (κ3) is 4.90. The summed E-state index contributed by atoms with van der Waals surface area (Å²) in [7, 11) is 0. The molecule has 0 bridgehead atoms. The Hall–Kier alpha value is -2.84. The Morgan fingerprint density at radius 2 is 1.96 bits per heavy atom. The number of amides is 2. The molecule has 0 saturated heterocycles. The van der Waals surface area contributed by atoms with Crippen LogP contribution in [0.2, 0.25) is 0 Å². The van der Waals surface area contributed by atoms with Crippen molar-refractivity contribution in [3.05, 3.63) is 74.5 Å². The molecule has 0 spiro atoms. The summed E-state index contributed by atoms with van der Waals surface area (Å²) in [4.78, 5) is 40.7. The number of carbonyl (C=O) groups is 3. The number of hydrogen-bond acceptors (Lipinski definition) is 6. The molecule has 2 heterocycles. The van der Waals surface area contributed by atoms with Crippen molar-refractivity contribution in [3.8, 4) is 11.3 Å². The second kappa shape index (κ2) is 8.90. The molecule has 0 aliphatic heterocycles. The van der Waals surface area contributed by atoms with Crippen LogP contribution < -0.4 is 5.32 Å². The van der Waals surface area contributed by atoms with Gasteiger partial charge in [-0.25, -0.2) is 4.79 Å². The second-order valence-electron chi connectivity index (χ2n) is 5.77. The molecular weight excluding hydrogens is 444 g/mol. The number of hydrogen-bond donors (Lipinski definition) is 1. The maximum Gasteiger partial charge on any atom is 0.340 e. The normalized spacial score (nSPS) is 10.4. The molecule has 0 atom stereocenters. The van der Waals surface area contributed by atoms with Gasteiger partial charge in [0.1, 0.15) is 0 Å². The van der Waals surface area contributed by atoms with E-state index >= 15 is 0 Å². The molecular formula is C20H15BrN2O4S. The lowest BCUT2D eigenvalue weighted by molar-refractivity contribution is -0.123. The largest absolute Gasteiger partial charge is 0.452 e. The van der Waals surface area contributed by atoms with Gasteiger partial charge in [0.05, 0.1) is 21.8 Å². The lowest BCUT2D eigenvalue weighted by Crippen LogP contribution is -2.33. The van der Waals surface area contributed by atoms with Crippen molar-refractivity contribution >= 4 is 45.1 Å². The molecule has 1 aromatic carbocycles. The van der Waals surface area contributed by atoms with Gasteiger partial charge in [-0.3, -0.25) is 19.9 Å². The van der Waals surface area contributed by atoms with E-state index in [0.29, 0.717) is 10.6 Å². The summed E-state index contributed by atoms with van der Waals surface area (Å²) in [6.45, 7) is 1.14. The Labute approximate surface area is 173 Å². The highest BCUT2D eigenvalue weighted by molar-refractivity contribution is 9.10. The summed E-state index contributed by atoms with van der Waals surface area (Å²) >= 11 is 4.63. The predicted octanol–water partition coefficient (Wildman–Crippen LogP) is 3.99. The fourth-order valence-corrected chi connectivity index (χ4v) is 3.44. The predicted molar refractivity (Wildman–Crippen MR) is 109 cm³/mol. The first-order valence-corrected chi connectivity index (χ1v) is 9.89. The van der Waals surface area contributed by atoms with E-state index in [4.69, 9.17) is 4.74 Å². The number of aryl methyl sites for hydroxylation is 1. The summed E-state index contributed by atoms with van der Waals surface area (Å²) in [5, 5.41) is 3.90. The van der Waals surface area contributed by atoms with Crippen LogP contribution in [0, 0.1) is 6.92 Å². The number of ether oxygens (including phenoxy) is 1. The highest BCUT2D eigenvalue weighted by atomic mass is 79.9. The van der Waals surface area contributed by atoms with Gasteiger partial charge in [0.15, 0.2) is 6.61 Å². The Morgan fingerprint density at radius 1 is 1.14 bits per heavy atom. The highest BCUT2D eigenvalue weighted by Crippen LogP contribution is 2.22. The van der Waals surface area contributed by atoms with Crippen LogP contribution in [0.5, 0.6) is 0 Å². The fourth-order valence-electron chi connectivity index (χ4n) is 2.43. The number of benzene rings is 1. The molecule has 3 aromatic rings. The van der Waals surface area contributed by atoms with Gasteiger partial charge < -0.3 is 4.74 Å². The monoisotopic (exact) mass is 458 g/mol. The number of nitrogens with zero attached hydrogens (tertiary/aromatic N) is 1. The summed E-state index contributed by atoms with van der Waals surface area (Å²) in [5.74, 6) is -1.89. The number of nitrogens with one attached hydrogen (secondary N) is 1. The minimum absolute atomic E-state index is 0.260. The quantitative estimate of drug-likeness (QED) is 0.584. The molecule has 0 unspecified atom stereocenters. The topological polar surface area (TPSA) is 85.4 Å². The number of esters is 1. The lowest BCUT2D eigenvalue weighted by atomic mass is 10.1. The first kappa shape index (κ1) is 19.9. The van der Waals surface area contributed by atoms with Crippen LogP contribution >= 0.6 is 27.3 Å². The number of rotatable bonds is 5. The molecule has 0 aliphatic carbocycles. The molecule has 0 fully saturated rings. The Balaban J connectivity index is 1.61. The van der Waals surface area contributed by atoms with Crippen molar-refractivity contribution in [2.24, 2.45) is 0 Å². The number of thiophene rings is 1. The van der Waals surface area contributed by atoms with E-state index in [0.717, 1.165) is 15.7 Å². The van der Waals surface area contributed by atoms with Crippen molar-refractivity contribution in [2.45, 2.75) is 6.92 Å². The summed E-state index contributed by atoms with van der Waals surface area (Å²) in [6.07, 6.45) is 0. The van der Waals surface area contributed by atoms with Crippen LogP contribution in [0.25, 0.3) is 11.3 Å². The Kier molecular flexibility index (Phi) is 6.33. The van der Waals surface area contributed by atoms with E-state index in [1.807, 2.05) is 24.3 Å². The van der Waals surface area contributed by atoms with Gasteiger partial charge in [0, 0.05) is 10.0 Å². The molecule has 142 valence electrons. The van der Waals surface area contributed by atoms with Crippen molar-refractivity contribution in [1.29, 1.82) is 0 Å². The number of imide groups is 1. The minimum atomic E-state index is -0.692. The zero-order valence-corrected chi connectivity index (χ0v) is 17.2. The van der Waals surface area contributed by atoms with Gasteiger partial charge in [-0.1, -0.05) is 34.1 Å². The van der Waals surface area contributed by atoms with Crippen molar-refractivity contribution in [2.75, 3.05) is 6.61 Å². The van der Waals surface area contributed by atoms with E-state index in [1.165, 1.54) is 11.3 Å². The highest BCUT2D eigenvalue weighted by Gasteiger charge is 2.16. The van der Waals surface area contributed by atoms with E-state index in [9.17, 15) is 14.4 Å². The zero-order valence-electron chi connectivity index (χ0n) is 14.8. The third-order valence-corrected chi connectivity index (χ3v) is 5.12. The molecule has 0 aliphatic rings. The van der Waals surface area contributed by atoms with Gasteiger partial charge in [-0.2, -0.15) is 0 Å². The zero-order chi connectivity index (χ0) is 20.1. The fraction of sp³-hybridized carbons (Fsp3) is 0.100. The third-order valence-electron chi connectivity index (χ3n) is 3.76. The molecule has 8 heteroatoms. The molecule has 6 nitrogen and oxygen atoms in total. The van der Waals surface area contributed by atoms with Crippen LogP contribution in [-0.2, 0) is 9.53 Å². The summed E-state index contributed by atoms with van der Waals surface area (Å²) in [6, 6.07) is 14.3. The number of halogens is 1. The summed E-state index contributed by atoms with van der Waals surface area (Å²) in [5.41, 5.74) is 2.37. The standard InChI is InChI=1S/C20H15BrN2O4S/c1-12-15(7-8-16(22-12)13-4-2-5-14(21)10-13)20(26)27-11-18(24)23-19(25)17-6-3-9-28-17/h2-10H,11H2,1H3,(H,23,24,25).